The Morgan fingerprint density at radius 2 is 1.75 bits per heavy atom. The molecule has 1 aromatic rings. The fourth-order valence-electron chi connectivity index (χ4n) is 2.71. The van der Waals surface area contributed by atoms with Gasteiger partial charge in [0.05, 0.1) is 0 Å². The van der Waals surface area contributed by atoms with Gasteiger partial charge >= 0.3 is 6.09 Å². The molecule has 0 spiro atoms. The zero-order chi connectivity index (χ0) is 17.5. The summed E-state index contributed by atoms with van der Waals surface area (Å²) in [5, 5.41) is 2.74. The summed E-state index contributed by atoms with van der Waals surface area (Å²) < 4.78 is 5.25. The third-order valence-corrected chi connectivity index (χ3v) is 4.07. The third-order valence-electron chi connectivity index (χ3n) is 4.07. The first-order valence-corrected chi connectivity index (χ1v) is 8.46. The second-order valence-corrected chi connectivity index (χ2v) is 6.66. The number of amides is 2. The highest BCUT2D eigenvalue weighted by Gasteiger charge is 2.29. The van der Waals surface area contributed by atoms with Crippen molar-refractivity contribution in [1.29, 1.82) is 0 Å². The Morgan fingerprint density at radius 3 is 2.33 bits per heavy atom. The molecule has 0 unspecified atom stereocenters. The van der Waals surface area contributed by atoms with E-state index >= 15 is 0 Å². The second-order valence-electron chi connectivity index (χ2n) is 6.66. The molecule has 1 aromatic carbocycles. The Morgan fingerprint density at radius 1 is 1.12 bits per heavy atom. The van der Waals surface area contributed by atoms with Crippen molar-refractivity contribution in [1.82, 2.24) is 15.1 Å². The molecule has 2 amide bonds. The lowest BCUT2D eigenvalue weighted by Gasteiger charge is -2.35. The Balaban J connectivity index is 1.96. The quantitative estimate of drug-likeness (QED) is 0.895. The molecule has 0 aromatic heterocycles. The highest BCUT2D eigenvalue weighted by Crippen LogP contribution is 2.12. The molecule has 6 heteroatoms. The molecule has 1 heterocycles. The molecule has 1 aliphatic rings. The van der Waals surface area contributed by atoms with Gasteiger partial charge in [-0.1, -0.05) is 32.0 Å². The SMILES string of the molecule is CC(C)C[C@H](NC(=O)Oc1ccccc1)C(=O)N1CCN(C)CC1. The highest BCUT2D eigenvalue weighted by atomic mass is 16.6. The van der Waals surface area contributed by atoms with Crippen LogP contribution < -0.4 is 10.1 Å². The summed E-state index contributed by atoms with van der Waals surface area (Å²) in [6, 6.07) is 8.30. The van der Waals surface area contributed by atoms with Crippen LogP contribution in [0, 0.1) is 5.92 Å². The van der Waals surface area contributed by atoms with Gasteiger partial charge in [-0.05, 0) is 31.5 Å². The van der Waals surface area contributed by atoms with Crippen molar-refractivity contribution in [2.24, 2.45) is 5.92 Å². The zero-order valence-corrected chi connectivity index (χ0v) is 14.7. The molecule has 1 N–H and O–H groups in total. The minimum absolute atomic E-state index is 0.0261. The number of hydrogen-bond donors (Lipinski definition) is 1. The summed E-state index contributed by atoms with van der Waals surface area (Å²) in [6.45, 7) is 7.17. The van der Waals surface area contributed by atoms with Gasteiger partial charge < -0.3 is 19.9 Å². The van der Waals surface area contributed by atoms with Gasteiger partial charge in [-0.2, -0.15) is 0 Å². The number of likely N-dealkylation sites (N-methyl/N-ethyl adjacent to an activating group) is 1. The maximum atomic E-state index is 12.8. The smallest absolute Gasteiger partial charge is 0.410 e. The van der Waals surface area contributed by atoms with Crippen LogP contribution in [0.5, 0.6) is 5.75 Å². The van der Waals surface area contributed by atoms with E-state index in [9.17, 15) is 9.59 Å². The Bertz CT molecular complexity index is 540. The van der Waals surface area contributed by atoms with Crippen LogP contribution >= 0.6 is 0 Å². The number of benzene rings is 1. The Hall–Kier alpha value is -2.08. The van der Waals surface area contributed by atoms with Gasteiger partial charge in [-0.15, -0.1) is 0 Å². The van der Waals surface area contributed by atoms with Crippen LogP contribution in [0.25, 0.3) is 0 Å². The van der Waals surface area contributed by atoms with Crippen LogP contribution in [0.3, 0.4) is 0 Å². The minimum atomic E-state index is -0.589. The van der Waals surface area contributed by atoms with Crippen LogP contribution in [0.2, 0.25) is 0 Å². The Kier molecular flexibility index (Phi) is 6.61. The van der Waals surface area contributed by atoms with E-state index < -0.39 is 12.1 Å². The average Bonchev–Trinajstić information content (AvgIpc) is 2.55. The number of ether oxygens (including phenoxy) is 1. The number of carbonyl (C=O) groups excluding carboxylic acids is 2. The first-order valence-electron chi connectivity index (χ1n) is 8.46. The maximum Gasteiger partial charge on any atom is 0.413 e. The van der Waals surface area contributed by atoms with Crippen molar-refractivity contribution in [2.45, 2.75) is 26.3 Å². The van der Waals surface area contributed by atoms with Gasteiger partial charge in [0.1, 0.15) is 11.8 Å². The maximum absolute atomic E-state index is 12.8. The van der Waals surface area contributed by atoms with E-state index in [-0.39, 0.29) is 5.91 Å². The van der Waals surface area contributed by atoms with E-state index in [2.05, 4.69) is 10.2 Å². The molecular weight excluding hydrogens is 306 g/mol. The number of piperazine rings is 1. The topological polar surface area (TPSA) is 61.9 Å². The summed E-state index contributed by atoms with van der Waals surface area (Å²) in [4.78, 5) is 28.9. The molecule has 0 radical (unpaired) electrons. The van der Waals surface area contributed by atoms with Gasteiger partial charge in [0.25, 0.3) is 0 Å². The lowest BCUT2D eigenvalue weighted by molar-refractivity contribution is -0.135. The largest absolute Gasteiger partial charge is 0.413 e. The van der Waals surface area contributed by atoms with E-state index in [1.54, 1.807) is 24.3 Å². The van der Waals surface area contributed by atoms with E-state index in [4.69, 9.17) is 4.74 Å². The molecule has 1 saturated heterocycles. The van der Waals surface area contributed by atoms with Crippen LogP contribution in [0.4, 0.5) is 4.79 Å². The fourth-order valence-corrected chi connectivity index (χ4v) is 2.71. The first kappa shape index (κ1) is 18.3. The lowest BCUT2D eigenvalue weighted by Crippen LogP contribution is -2.55. The number of hydrogen-bond acceptors (Lipinski definition) is 4. The van der Waals surface area contributed by atoms with E-state index in [0.717, 1.165) is 13.1 Å². The standard InChI is InChI=1S/C18H27N3O3/c1-14(2)13-16(17(22)21-11-9-20(3)10-12-21)19-18(23)24-15-7-5-4-6-8-15/h4-8,14,16H,9-13H2,1-3H3,(H,19,23)/t16-/m0/s1. The van der Waals surface area contributed by atoms with E-state index in [1.165, 1.54) is 0 Å². The van der Waals surface area contributed by atoms with E-state index in [1.807, 2.05) is 31.9 Å². The summed E-state index contributed by atoms with van der Waals surface area (Å²) >= 11 is 0. The molecule has 24 heavy (non-hydrogen) atoms. The summed E-state index contributed by atoms with van der Waals surface area (Å²) in [5.41, 5.74) is 0. The van der Waals surface area contributed by atoms with Gasteiger partial charge in [-0.3, -0.25) is 4.79 Å². The highest BCUT2D eigenvalue weighted by molar-refractivity contribution is 5.86. The van der Waals surface area contributed by atoms with Crippen LogP contribution in [0.1, 0.15) is 20.3 Å². The minimum Gasteiger partial charge on any atom is -0.410 e. The molecule has 2 rings (SSSR count). The average molecular weight is 333 g/mol. The van der Waals surface area contributed by atoms with Crippen molar-refractivity contribution in [3.05, 3.63) is 30.3 Å². The van der Waals surface area contributed by atoms with Crippen molar-refractivity contribution < 1.29 is 14.3 Å². The van der Waals surface area contributed by atoms with Gasteiger partial charge in [-0.25, -0.2) is 4.79 Å². The predicted molar refractivity (Wildman–Crippen MR) is 92.9 cm³/mol. The third kappa shape index (κ3) is 5.53. The molecule has 0 aliphatic carbocycles. The summed E-state index contributed by atoms with van der Waals surface area (Å²) in [6.07, 6.45) is 0.00374. The number of rotatable bonds is 5. The van der Waals surface area contributed by atoms with Crippen molar-refractivity contribution >= 4 is 12.0 Å². The van der Waals surface area contributed by atoms with Gasteiger partial charge in [0.15, 0.2) is 0 Å². The zero-order valence-electron chi connectivity index (χ0n) is 14.7. The Labute approximate surface area is 143 Å². The molecular formula is C18H27N3O3. The number of nitrogens with zero attached hydrogens (tertiary/aromatic N) is 2. The number of carbonyl (C=O) groups is 2. The van der Waals surface area contributed by atoms with Gasteiger partial charge in [0, 0.05) is 26.2 Å². The van der Waals surface area contributed by atoms with Gasteiger partial charge in [0.2, 0.25) is 5.91 Å². The summed E-state index contributed by atoms with van der Waals surface area (Å²) in [5.74, 6) is 0.732. The van der Waals surface area contributed by atoms with Crippen molar-refractivity contribution in [3.8, 4) is 5.75 Å². The predicted octanol–water partition coefficient (Wildman–Crippen LogP) is 1.96. The molecule has 6 nitrogen and oxygen atoms in total. The first-order chi connectivity index (χ1) is 11.5. The number of nitrogens with one attached hydrogen (secondary N) is 1. The molecule has 0 saturated carbocycles. The second kappa shape index (κ2) is 8.68. The molecule has 1 aliphatic heterocycles. The molecule has 1 atom stereocenters. The molecule has 0 bridgehead atoms. The van der Waals surface area contributed by atoms with Crippen LogP contribution in [0.15, 0.2) is 30.3 Å². The summed E-state index contributed by atoms with van der Waals surface area (Å²) in [7, 11) is 2.04. The van der Waals surface area contributed by atoms with Crippen molar-refractivity contribution in [2.75, 3.05) is 33.2 Å². The number of para-hydroxylation sites is 1. The lowest BCUT2D eigenvalue weighted by atomic mass is 10.0. The van der Waals surface area contributed by atoms with Crippen LogP contribution in [-0.2, 0) is 4.79 Å². The molecule has 132 valence electrons. The molecule has 1 fully saturated rings. The van der Waals surface area contributed by atoms with Crippen molar-refractivity contribution in [3.63, 3.8) is 0 Å². The van der Waals surface area contributed by atoms with Crippen LogP contribution in [-0.4, -0.2) is 61.1 Å². The monoisotopic (exact) mass is 333 g/mol. The fraction of sp³-hybridized carbons (Fsp3) is 0.556. The van der Waals surface area contributed by atoms with E-state index in [0.29, 0.717) is 31.2 Å². The normalized spacial score (nSPS) is 16.8.